The van der Waals surface area contributed by atoms with Crippen molar-refractivity contribution in [2.24, 2.45) is 0 Å². The Kier molecular flexibility index (Phi) is 15.3. The van der Waals surface area contributed by atoms with E-state index in [1.807, 2.05) is 0 Å². The molecule has 0 bridgehead atoms. The number of unbranched alkanes of at least 4 members (excludes halogenated alkanes) is 1. The minimum Gasteiger partial charge on any atom is -0.500 e. The van der Waals surface area contributed by atoms with E-state index in [1.54, 1.807) is 0 Å². The van der Waals surface area contributed by atoms with Gasteiger partial charge in [-0.25, -0.2) is 7.92 Å². The van der Waals surface area contributed by atoms with Crippen LogP contribution < -0.4 is 21.2 Å². The molecular weight excluding hydrogens is 597 g/mol. The van der Waals surface area contributed by atoms with E-state index in [4.69, 9.17) is 0 Å². The van der Waals surface area contributed by atoms with Gasteiger partial charge in [0, 0.05) is 0 Å². The molecule has 4 aromatic rings. The van der Waals surface area contributed by atoms with Crippen molar-refractivity contribution in [2.75, 3.05) is 6.16 Å². The molecule has 4 aromatic carbocycles. The van der Waals surface area contributed by atoms with Gasteiger partial charge in [0.25, 0.3) is 0 Å². The molecule has 0 fully saturated rings. The fourth-order valence-electron chi connectivity index (χ4n) is 4.42. The Balaban J connectivity index is 0.000000402. The van der Waals surface area contributed by atoms with Crippen LogP contribution in [0.25, 0.3) is 0 Å². The van der Waals surface area contributed by atoms with Crippen LogP contribution in [0, 0.1) is 12.2 Å². The number of hydrogen-bond acceptors (Lipinski definition) is 0. The van der Waals surface area contributed by atoms with Crippen molar-refractivity contribution in [3.8, 4) is 0 Å². The first-order chi connectivity index (χ1) is 18.9. The molecule has 0 nitrogen and oxygen atoms in total. The third-order valence-corrected chi connectivity index (χ3v) is 11.3. The van der Waals surface area contributed by atoms with E-state index in [0.29, 0.717) is 0 Å². The molecule has 0 aliphatic heterocycles. The molecule has 0 amide bonds. The van der Waals surface area contributed by atoms with Gasteiger partial charge in [-0.15, -0.1) is 0 Å². The first-order valence-corrected chi connectivity index (χ1v) is 16.7. The third kappa shape index (κ3) is 11.1. The Hall–Kier alpha value is -2.16. The van der Waals surface area contributed by atoms with Gasteiger partial charge >= 0.3 is 19.5 Å². The van der Waals surface area contributed by atoms with Gasteiger partial charge in [0.2, 0.25) is 0 Å². The number of benzene rings is 4. The van der Waals surface area contributed by atoms with E-state index in [1.165, 1.54) is 53.1 Å². The maximum Gasteiger partial charge on any atom is 2.00 e. The Labute approximate surface area is 251 Å². The van der Waals surface area contributed by atoms with Crippen LogP contribution in [-0.2, 0) is 19.5 Å². The van der Waals surface area contributed by atoms with E-state index in [0.717, 1.165) is 12.8 Å². The van der Waals surface area contributed by atoms with Crippen LogP contribution >= 0.6 is 15.8 Å². The summed E-state index contributed by atoms with van der Waals surface area (Å²) in [5.74, 6) is 0. The molecule has 0 heterocycles. The van der Waals surface area contributed by atoms with E-state index in [2.05, 4.69) is 152 Å². The Bertz CT molecular complexity index is 1020. The Morgan fingerprint density at radius 2 is 1.03 bits per heavy atom. The Morgan fingerprint density at radius 1 is 0.564 bits per heavy atom. The van der Waals surface area contributed by atoms with Crippen molar-refractivity contribution in [3.63, 3.8) is 0 Å². The van der Waals surface area contributed by atoms with Crippen molar-refractivity contribution >= 4 is 37.1 Å². The minimum atomic E-state index is -0.408. The van der Waals surface area contributed by atoms with Crippen LogP contribution in [0.1, 0.15) is 38.5 Å². The van der Waals surface area contributed by atoms with Gasteiger partial charge in [0.1, 0.15) is 0 Å². The van der Waals surface area contributed by atoms with Gasteiger partial charge < -0.3 is 6.08 Å². The molecule has 1 aliphatic rings. The molecular formula is C36H38P2Rh. The first kappa shape index (κ1) is 31.4. The van der Waals surface area contributed by atoms with E-state index in [9.17, 15) is 0 Å². The summed E-state index contributed by atoms with van der Waals surface area (Å²) in [4.78, 5) is 0. The van der Waals surface area contributed by atoms with Crippen LogP contribution in [-0.4, -0.2) is 6.16 Å². The summed E-state index contributed by atoms with van der Waals surface area (Å²) in [6.07, 6.45) is 20.7. The summed E-state index contributed by atoms with van der Waals surface area (Å²) in [7, 11) is -0.711. The summed E-state index contributed by atoms with van der Waals surface area (Å²) in [6, 6.07) is 44.0. The molecule has 0 atom stereocenters. The first-order valence-electron chi connectivity index (χ1n) is 13.7. The summed E-state index contributed by atoms with van der Waals surface area (Å²) in [6.45, 7) is 0. The largest absolute Gasteiger partial charge is 2.00 e. The maximum atomic E-state index is 3.21. The predicted octanol–water partition coefficient (Wildman–Crippen LogP) is 8.67. The summed E-state index contributed by atoms with van der Waals surface area (Å²) in [5.41, 5.74) is 0. The van der Waals surface area contributed by atoms with Gasteiger partial charge in [-0.3, -0.25) is 12.2 Å². The standard InChI is InChI=1S/C28H27P2.C8H11.Rh/c1-5-15-25(16-6-1)29(26-17-7-2-8-18-26)23-13-14-24-30(27-19-9-3-10-20-27)28-21-11-4-12-22-28;1-2-4-6-8-7-5-3-1;/h1-12,15-23H,13-14,24H2;1-2,7H,3-6H2;/q2*-1;+2. The molecule has 3 heteroatoms. The molecule has 0 saturated heterocycles. The minimum absolute atomic E-state index is 0. The zero-order chi connectivity index (χ0) is 26.1. The van der Waals surface area contributed by atoms with Gasteiger partial charge in [0.15, 0.2) is 0 Å². The summed E-state index contributed by atoms with van der Waals surface area (Å²) in [5, 5.41) is 5.83. The topological polar surface area (TPSA) is 0 Å². The van der Waals surface area contributed by atoms with Crippen molar-refractivity contribution in [1.82, 2.24) is 0 Å². The zero-order valence-electron chi connectivity index (χ0n) is 22.5. The normalized spacial score (nSPS) is 12.7. The van der Waals surface area contributed by atoms with Crippen LogP contribution in [0.4, 0.5) is 0 Å². The van der Waals surface area contributed by atoms with Crippen molar-refractivity contribution in [3.05, 3.63) is 152 Å². The van der Waals surface area contributed by atoms with Crippen molar-refractivity contribution in [2.45, 2.75) is 38.5 Å². The molecule has 201 valence electrons. The molecule has 0 unspecified atom stereocenters. The number of hydrogen-bond donors (Lipinski definition) is 0. The van der Waals surface area contributed by atoms with Crippen LogP contribution in [0.3, 0.4) is 0 Å². The molecule has 5 rings (SSSR count). The van der Waals surface area contributed by atoms with Gasteiger partial charge in [0.05, 0.1) is 0 Å². The average Bonchev–Trinajstić information content (AvgIpc) is 2.97. The van der Waals surface area contributed by atoms with Gasteiger partial charge in [-0.05, 0) is 31.1 Å². The Morgan fingerprint density at radius 3 is 1.54 bits per heavy atom. The molecule has 39 heavy (non-hydrogen) atoms. The SMILES string of the molecule is [C-]1=CCCC=CCC1.[Rh+2].c1ccc(P([CH-]CCCP(c2ccccc2)c2ccccc2)c2ccccc2)cc1. The second-order valence-corrected chi connectivity index (χ2v) is 13.7. The van der Waals surface area contributed by atoms with Crippen LogP contribution in [0.5, 0.6) is 0 Å². The van der Waals surface area contributed by atoms with Crippen molar-refractivity contribution < 1.29 is 19.5 Å². The van der Waals surface area contributed by atoms with Gasteiger partial charge in [-0.2, -0.15) is 12.8 Å². The predicted molar refractivity (Wildman–Crippen MR) is 172 cm³/mol. The molecule has 1 radical (unpaired) electrons. The molecule has 0 N–H and O–H groups in total. The molecule has 0 saturated carbocycles. The maximum absolute atomic E-state index is 3.21. The fourth-order valence-corrected chi connectivity index (χ4v) is 8.94. The quantitative estimate of drug-likeness (QED) is 0.0568. The summed E-state index contributed by atoms with van der Waals surface area (Å²) >= 11 is 0. The second kappa shape index (κ2) is 19.0. The number of rotatable bonds is 9. The fraction of sp³-hybridized carbons (Fsp3) is 0.194. The monoisotopic (exact) mass is 635 g/mol. The molecule has 0 aromatic heterocycles. The molecule has 1 aliphatic carbocycles. The van der Waals surface area contributed by atoms with Gasteiger partial charge in [-0.1, -0.05) is 163 Å². The molecule has 0 spiro atoms. The zero-order valence-corrected chi connectivity index (χ0v) is 26.0. The van der Waals surface area contributed by atoms with E-state index < -0.39 is 7.92 Å². The van der Waals surface area contributed by atoms with E-state index >= 15 is 0 Å². The summed E-state index contributed by atoms with van der Waals surface area (Å²) < 4.78 is 0. The smallest absolute Gasteiger partial charge is 0.500 e. The van der Waals surface area contributed by atoms with Crippen LogP contribution in [0.15, 0.2) is 140 Å². The van der Waals surface area contributed by atoms with Crippen LogP contribution in [0.2, 0.25) is 0 Å². The third-order valence-electron chi connectivity index (χ3n) is 6.35. The number of allylic oxidation sites excluding steroid dienone is 4. The second-order valence-electron chi connectivity index (χ2n) is 9.18. The van der Waals surface area contributed by atoms with E-state index in [-0.39, 0.29) is 27.4 Å². The average molecular weight is 636 g/mol. The van der Waals surface area contributed by atoms with Crippen molar-refractivity contribution in [1.29, 1.82) is 0 Å².